The Morgan fingerprint density at radius 1 is 1.18 bits per heavy atom. The van der Waals surface area contributed by atoms with Crippen LogP contribution in [-0.2, 0) is 0 Å². The maximum Gasteiger partial charge on any atom is 0.337 e. The van der Waals surface area contributed by atoms with Crippen molar-refractivity contribution in [3.05, 3.63) is 105 Å². The summed E-state index contributed by atoms with van der Waals surface area (Å²) in [6, 6.07) is 17.1. The molecule has 1 atom stereocenters. The number of pyridine rings is 1. The molecule has 8 heteroatoms. The van der Waals surface area contributed by atoms with Gasteiger partial charge in [0.25, 0.3) is 0 Å². The number of nitrogens with zero attached hydrogens (tertiary/aromatic N) is 3. The van der Waals surface area contributed by atoms with E-state index in [1.165, 1.54) is 12.3 Å². The molecule has 0 saturated heterocycles. The Balaban J connectivity index is 0.00000164. The van der Waals surface area contributed by atoms with Crippen LogP contribution in [0.1, 0.15) is 59.6 Å². The van der Waals surface area contributed by atoms with Gasteiger partial charge >= 0.3 is 5.97 Å². The Morgan fingerprint density at radius 2 is 1.92 bits per heavy atom. The number of para-hydroxylation sites is 1. The van der Waals surface area contributed by atoms with Gasteiger partial charge in [-0.25, -0.2) is 9.78 Å². The summed E-state index contributed by atoms with van der Waals surface area (Å²) in [6.07, 6.45) is 3.37. The maximum absolute atomic E-state index is 13.1. The van der Waals surface area contributed by atoms with Gasteiger partial charge in [-0.2, -0.15) is 5.26 Å². The summed E-state index contributed by atoms with van der Waals surface area (Å²) in [6.45, 7) is 8.32. The van der Waals surface area contributed by atoms with E-state index >= 15 is 0 Å². The van der Waals surface area contributed by atoms with Gasteiger partial charge in [0.2, 0.25) is 0 Å². The van der Waals surface area contributed by atoms with Crippen molar-refractivity contribution in [1.29, 1.82) is 5.26 Å². The quantitative estimate of drug-likeness (QED) is 0.319. The molecule has 2 N–H and O–H groups in total. The second-order valence-corrected chi connectivity index (χ2v) is 8.72. The molecule has 1 aliphatic rings. The fourth-order valence-corrected chi connectivity index (χ4v) is 4.28. The summed E-state index contributed by atoms with van der Waals surface area (Å²) < 4.78 is 6.28. The first-order chi connectivity index (χ1) is 18.3. The van der Waals surface area contributed by atoms with Crippen LogP contribution in [-0.4, -0.2) is 22.6 Å². The first-order valence-corrected chi connectivity index (χ1v) is 12.3. The zero-order valence-corrected chi connectivity index (χ0v) is 21.6. The predicted octanol–water partition coefficient (Wildman–Crippen LogP) is 6.13. The Morgan fingerprint density at radius 3 is 2.58 bits per heavy atom. The molecule has 2 aromatic carbocycles. The highest BCUT2D eigenvalue weighted by Crippen LogP contribution is 2.33. The predicted molar refractivity (Wildman–Crippen MR) is 148 cm³/mol. The number of hydrogen-bond acceptors (Lipinski definition) is 7. The second kappa shape index (κ2) is 11.0. The third kappa shape index (κ3) is 5.13. The van der Waals surface area contributed by atoms with Crippen LogP contribution in [0.3, 0.4) is 0 Å². The molecule has 1 unspecified atom stereocenters. The number of nitrogens with one attached hydrogen (secondary N) is 1. The number of aromatic nitrogens is 1. The van der Waals surface area contributed by atoms with Crippen LogP contribution in [0.25, 0.3) is 16.5 Å². The van der Waals surface area contributed by atoms with Crippen molar-refractivity contribution in [2.75, 3.05) is 16.8 Å². The topological polar surface area (TPSA) is 119 Å². The summed E-state index contributed by atoms with van der Waals surface area (Å²) in [5.41, 5.74) is 3.96. The molecule has 0 amide bonds. The molecule has 0 saturated carbocycles. The molecule has 0 fully saturated rings. The minimum Gasteiger partial charge on any atom is -0.478 e. The van der Waals surface area contributed by atoms with Crippen molar-refractivity contribution in [2.45, 2.75) is 33.7 Å². The first kappa shape index (κ1) is 26.2. The molecular formula is C30H28N4O4. The van der Waals surface area contributed by atoms with Gasteiger partial charge in [0.05, 0.1) is 29.1 Å². The highest BCUT2D eigenvalue weighted by molar-refractivity contribution is 5.94. The number of carbonyl (C=O) groups is 1. The van der Waals surface area contributed by atoms with Crippen molar-refractivity contribution in [1.82, 2.24) is 4.98 Å². The molecule has 0 aliphatic carbocycles. The zero-order valence-electron chi connectivity index (χ0n) is 21.6. The van der Waals surface area contributed by atoms with Gasteiger partial charge in [0, 0.05) is 35.3 Å². The van der Waals surface area contributed by atoms with Crippen LogP contribution in [0.4, 0.5) is 11.5 Å². The summed E-state index contributed by atoms with van der Waals surface area (Å²) in [5, 5.41) is 22.2. The lowest BCUT2D eigenvalue weighted by molar-refractivity contribution is 0.0698. The fraction of sp³-hybridized carbons (Fsp3) is 0.200. The average Bonchev–Trinajstić information content (AvgIpc) is 2.89. The number of benzene rings is 2. The maximum atomic E-state index is 13.1. The van der Waals surface area contributed by atoms with Gasteiger partial charge in [-0.3, -0.25) is 4.79 Å². The van der Waals surface area contributed by atoms with Crippen LogP contribution in [0.2, 0.25) is 0 Å². The molecule has 5 rings (SSSR count). The van der Waals surface area contributed by atoms with Gasteiger partial charge in [0.1, 0.15) is 23.2 Å². The smallest absolute Gasteiger partial charge is 0.337 e. The van der Waals surface area contributed by atoms with E-state index in [9.17, 15) is 14.7 Å². The molecular weight excluding hydrogens is 480 g/mol. The normalized spacial score (nSPS) is 12.9. The number of rotatable bonds is 6. The van der Waals surface area contributed by atoms with Crippen molar-refractivity contribution in [3.8, 4) is 6.07 Å². The van der Waals surface area contributed by atoms with Gasteiger partial charge < -0.3 is 19.7 Å². The van der Waals surface area contributed by atoms with Crippen molar-refractivity contribution in [2.24, 2.45) is 0 Å². The average molecular weight is 509 g/mol. The summed E-state index contributed by atoms with van der Waals surface area (Å²) in [7, 11) is 0. The van der Waals surface area contributed by atoms with Gasteiger partial charge in [0.15, 0.2) is 5.43 Å². The van der Waals surface area contributed by atoms with E-state index in [1.807, 2.05) is 50.9 Å². The van der Waals surface area contributed by atoms with Crippen LogP contribution in [0, 0.1) is 18.3 Å². The zero-order chi connectivity index (χ0) is 27.4. The Labute approximate surface area is 220 Å². The van der Waals surface area contributed by atoms with E-state index < -0.39 is 5.97 Å². The monoisotopic (exact) mass is 508 g/mol. The summed E-state index contributed by atoms with van der Waals surface area (Å²) in [5.74, 6) is 0.152. The van der Waals surface area contributed by atoms with Gasteiger partial charge in [-0.05, 0) is 49.7 Å². The van der Waals surface area contributed by atoms with Crippen molar-refractivity contribution < 1.29 is 14.3 Å². The van der Waals surface area contributed by atoms with E-state index in [1.54, 1.807) is 42.5 Å². The molecule has 2 aromatic heterocycles. The van der Waals surface area contributed by atoms with Gasteiger partial charge in [-0.1, -0.05) is 32.0 Å². The molecule has 0 radical (unpaired) electrons. The third-order valence-corrected chi connectivity index (χ3v) is 6.14. The molecule has 38 heavy (non-hydrogen) atoms. The summed E-state index contributed by atoms with van der Waals surface area (Å²) in [4.78, 5) is 30.9. The second-order valence-electron chi connectivity index (χ2n) is 8.72. The molecule has 8 nitrogen and oxygen atoms in total. The number of carboxylic acid groups (broad SMARTS) is 1. The van der Waals surface area contributed by atoms with E-state index in [0.717, 1.165) is 16.7 Å². The van der Waals surface area contributed by atoms with E-state index in [-0.39, 0.29) is 17.0 Å². The van der Waals surface area contributed by atoms with Crippen LogP contribution < -0.4 is 15.6 Å². The summed E-state index contributed by atoms with van der Waals surface area (Å²) >= 11 is 0. The highest BCUT2D eigenvalue weighted by Gasteiger charge is 2.24. The third-order valence-electron chi connectivity index (χ3n) is 6.14. The van der Waals surface area contributed by atoms with Crippen LogP contribution in [0.5, 0.6) is 0 Å². The number of aryl methyl sites for hydroxylation is 1. The van der Waals surface area contributed by atoms with E-state index in [4.69, 9.17) is 9.68 Å². The lowest BCUT2D eigenvalue weighted by Crippen LogP contribution is -2.29. The SMILES string of the molecule is CC.Cc1cc(C(C)Nc2ccccc2C(=O)O)c2oc(C3=CN(c4ccc(C#N)cn4)C3)cc(=O)c2c1. The lowest BCUT2D eigenvalue weighted by atomic mass is 9.99. The van der Waals surface area contributed by atoms with Crippen molar-refractivity contribution >= 4 is 34.0 Å². The Bertz CT molecular complexity index is 1630. The number of anilines is 2. The minimum atomic E-state index is -1.02. The van der Waals surface area contributed by atoms with Crippen LogP contribution in [0.15, 0.2) is 76.2 Å². The highest BCUT2D eigenvalue weighted by atomic mass is 16.4. The number of carboxylic acids is 1. The lowest BCUT2D eigenvalue weighted by Gasteiger charge is -2.30. The number of fused-ring (bicyclic) bond motifs is 1. The van der Waals surface area contributed by atoms with Crippen LogP contribution >= 0.6 is 0 Å². The number of hydrogen-bond donors (Lipinski definition) is 2. The molecule has 0 spiro atoms. The number of nitriles is 1. The molecule has 192 valence electrons. The Hall–Kier alpha value is -4.90. The molecule has 0 bridgehead atoms. The standard InChI is InChI=1S/C28H22N4O4.C2H6/c1-16-9-21(17(2)31-23-6-4-3-5-20(23)28(34)35)27-22(10-16)24(33)11-25(36-27)19-14-32(15-19)26-8-7-18(12-29)13-30-26;1-2/h3-11,13-14,17,31H,15H2,1-2H3,(H,34,35);1-2H3. The first-order valence-electron chi connectivity index (χ1n) is 12.3. The minimum absolute atomic E-state index is 0.148. The fourth-order valence-electron chi connectivity index (χ4n) is 4.28. The van der Waals surface area contributed by atoms with E-state index in [0.29, 0.717) is 40.3 Å². The van der Waals surface area contributed by atoms with Crippen molar-refractivity contribution in [3.63, 3.8) is 0 Å². The molecule has 4 aromatic rings. The van der Waals surface area contributed by atoms with E-state index in [2.05, 4.69) is 10.3 Å². The molecule has 1 aliphatic heterocycles. The number of aromatic carboxylic acids is 1. The molecule has 3 heterocycles. The Kier molecular flexibility index (Phi) is 7.58. The largest absolute Gasteiger partial charge is 0.478 e. The van der Waals surface area contributed by atoms with Gasteiger partial charge in [-0.15, -0.1) is 0 Å².